The molecule has 1 spiro atoms. The molecule has 0 nitrogen and oxygen atoms in total. The normalized spacial score (nSPS) is 38.7. The first-order valence-electron chi connectivity index (χ1n) is 20.4. The third kappa shape index (κ3) is 2.90. The Bertz CT molecular complexity index is 2440. The van der Waals surface area contributed by atoms with Gasteiger partial charge in [0.2, 0.25) is 0 Å². The van der Waals surface area contributed by atoms with Crippen molar-refractivity contribution in [3.05, 3.63) is 198 Å². The van der Waals surface area contributed by atoms with Gasteiger partial charge in [-0.2, -0.15) is 12.6 Å². The first-order chi connectivity index (χ1) is 26.2. The number of benzene rings is 6. The van der Waals surface area contributed by atoms with Crippen molar-refractivity contribution in [3.8, 4) is 11.1 Å². The first kappa shape index (κ1) is 29.9. The van der Waals surface area contributed by atoms with Crippen LogP contribution in [0.5, 0.6) is 0 Å². The Balaban J connectivity index is 1.19. The van der Waals surface area contributed by atoms with Gasteiger partial charge < -0.3 is 0 Å². The van der Waals surface area contributed by atoms with Gasteiger partial charge in [0.15, 0.2) is 0 Å². The molecule has 0 N–H and O–H groups in total. The zero-order valence-corrected chi connectivity index (χ0v) is 31.1. The van der Waals surface area contributed by atoms with Gasteiger partial charge in [0.05, 0.1) is 5.16 Å². The Morgan fingerprint density at radius 2 is 0.811 bits per heavy atom. The molecule has 0 aromatic heterocycles. The van der Waals surface area contributed by atoms with Crippen molar-refractivity contribution in [1.29, 1.82) is 0 Å². The third-order valence-electron chi connectivity index (χ3n) is 16.7. The second kappa shape index (κ2) is 9.80. The topological polar surface area (TPSA) is 0 Å². The highest BCUT2D eigenvalue weighted by atomic mass is 31.2. The summed E-state index contributed by atoms with van der Waals surface area (Å²) < 4.78 is 0. The van der Waals surface area contributed by atoms with Crippen LogP contribution in [0.15, 0.2) is 176 Å². The molecule has 14 rings (SSSR count). The van der Waals surface area contributed by atoms with Crippen LogP contribution in [-0.4, -0.2) is 10.9 Å². The van der Waals surface area contributed by atoms with E-state index in [4.69, 9.17) is 0 Å². The van der Waals surface area contributed by atoms with Gasteiger partial charge in [0.25, 0.3) is 5.87 Å². The van der Waals surface area contributed by atoms with E-state index in [9.17, 15) is 0 Å². The zero-order chi connectivity index (χ0) is 34.7. The lowest BCUT2D eigenvalue weighted by Gasteiger charge is -2.63. The summed E-state index contributed by atoms with van der Waals surface area (Å²) in [6, 6.07) is 69.2. The molecule has 4 saturated carbocycles. The molecule has 8 aliphatic rings. The van der Waals surface area contributed by atoms with E-state index in [1.807, 2.05) is 0 Å². The minimum atomic E-state index is -1.76. The van der Waals surface area contributed by atoms with Crippen molar-refractivity contribution in [2.45, 2.75) is 53.8 Å². The number of fused-ring (bicyclic) bond motifs is 3. The molecule has 4 aliphatic heterocycles. The van der Waals surface area contributed by atoms with Crippen LogP contribution in [-0.2, 0) is 10.2 Å². The van der Waals surface area contributed by atoms with Crippen LogP contribution in [0.4, 0.5) is 0 Å². The fourth-order valence-electron chi connectivity index (χ4n) is 16.6. The van der Waals surface area contributed by atoms with Gasteiger partial charge in [-0.15, -0.1) is 0 Å². The Hall–Kier alpha value is -4.45. The van der Waals surface area contributed by atoms with Gasteiger partial charge in [0, 0.05) is 15.7 Å². The summed E-state index contributed by atoms with van der Waals surface area (Å²) in [7, 11) is -1.76. The zero-order valence-electron chi connectivity index (χ0n) is 30.2. The van der Waals surface area contributed by atoms with Crippen LogP contribution in [0, 0.1) is 23.2 Å². The molecule has 256 valence electrons. The summed E-state index contributed by atoms with van der Waals surface area (Å²) >= 11 is 0. The van der Waals surface area contributed by atoms with E-state index in [1.165, 1.54) is 60.8 Å². The second-order valence-corrected chi connectivity index (χ2v) is 22.5. The summed E-state index contributed by atoms with van der Waals surface area (Å²) in [6.07, 6.45) is 8.78. The molecule has 2 heteroatoms. The Labute approximate surface area is 314 Å². The van der Waals surface area contributed by atoms with Gasteiger partial charge in [-0.1, -0.05) is 176 Å². The minimum absolute atomic E-state index is 0.0244. The van der Waals surface area contributed by atoms with Crippen LogP contribution in [0.2, 0.25) is 0 Å². The highest BCUT2D eigenvalue weighted by Gasteiger charge is 3.36. The minimum Gasteiger partial charge on any atom is -0.160 e. The van der Waals surface area contributed by atoms with Crippen LogP contribution in [0.1, 0.15) is 60.8 Å². The van der Waals surface area contributed by atoms with Crippen LogP contribution in [0.3, 0.4) is 0 Å². The largest absolute Gasteiger partial charge is 0.277 e. The van der Waals surface area contributed by atoms with E-state index in [-0.39, 0.29) is 15.3 Å². The average molecular weight is 699 g/mol. The van der Waals surface area contributed by atoms with Crippen molar-refractivity contribution in [1.82, 2.24) is 0 Å². The van der Waals surface area contributed by atoms with Gasteiger partial charge in [-0.3, -0.25) is 0 Å². The van der Waals surface area contributed by atoms with Crippen molar-refractivity contribution >= 4 is 29.6 Å². The monoisotopic (exact) mass is 698 g/mol. The van der Waals surface area contributed by atoms with Gasteiger partial charge in [-0.25, -0.2) is 0 Å². The molecule has 0 radical (unpaired) electrons. The molecule has 3 saturated heterocycles. The van der Waals surface area contributed by atoms with Crippen molar-refractivity contribution < 1.29 is 0 Å². The van der Waals surface area contributed by atoms with E-state index in [1.54, 1.807) is 27.7 Å². The Morgan fingerprint density at radius 1 is 0.396 bits per heavy atom. The predicted octanol–water partition coefficient (Wildman–Crippen LogP) is 12.0. The molecule has 7 fully saturated rings. The lowest BCUT2D eigenvalue weighted by atomic mass is 9.19. The SMILES string of the molecule is c1ccc(C2=C(c3ccccc3)[C@@]3(c4ccccc4)[C@@]4(c5ccccc5)[B@@-]5(c6ccc(-c7ccccc7)cc6)[C@]2(C26CC7CC(CC(C7)C2)C6)[P+]534)cc1. The lowest BCUT2D eigenvalue weighted by molar-refractivity contribution is -0.0527. The highest BCUT2D eigenvalue weighted by molar-refractivity contribution is 8.49. The smallest absolute Gasteiger partial charge is 0.160 e. The molecular weight excluding hydrogens is 654 g/mol. The summed E-state index contributed by atoms with van der Waals surface area (Å²) in [5.74, 6) is 1.80. The maximum atomic E-state index is 2.65. The van der Waals surface area contributed by atoms with E-state index in [2.05, 4.69) is 176 Å². The van der Waals surface area contributed by atoms with Crippen molar-refractivity contribution in [2.24, 2.45) is 23.2 Å². The molecule has 4 bridgehead atoms. The van der Waals surface area contributed by atoms with Crippen LogP contribution >= 0.6 is 7.14 Å². The number of hydrogen-bond donors (Lipinski definition) is 0. The molecule has 0 amide bonds. The molecule has 6 aromatic rings. The molecule has 5 atom stereocenters. The highest BCUT2D eigenvalue weighted by Crippen LogP contribution is 3.46. The molecule has 1 unspecified atom stereocenters. The quantitative estimate of drug-likeness (QED) is 0.115. The summed E-state index contributed by atoms with van der Waals surface area (Å²) in [5, 5.41) is 0.419. The van der Waals surface area contributed by atoms with Gasteiger partial charge >= 0.3 is 0 Å². The molecule has 4 aliphatic carbocycles. The summed E-state index contributed by atoms with van der Waals surface area (Å²) in [4.78, 5) is 0. The average Bonchev–Trinajstić information content (AvgIpc) is 4.12. The predicted molar refractivity (Wildman–Crippen MR) is 223 cm³/mol. The Kier molecular flexibility index (Phi) is 5.54. The van der Waals surface area contributed by atoms with Gasteiger partial charge in [0.1, 0.15) is 0 Å². The molecular formula is C51H44BP. The van der Waals surface area contributed by atoms with Crippen LogP contribution in [0.25, 0.3) is 22.3 Å². The first-order valence-corrected chi connectivity index (χ1v) is 22.3. The molecule has 6 aromatic carbocycles. The number of hydrogen-bond acceptors (Lipinski definition) is 0. The summed E-state index contributed by atoms with van der Waals surface area (Å²) in [5.41, 5.74) is 14.4. The maximum Gasteiger partial charge on any atom is 0.277 e. The van der Waals surface area contributed by atoms with E-state index >= 15 is 0 Å². The second-order valence-electron chi connectivity index (χ2n) is 18.2. The van der Waals surface area contributed by atoms with E-state index in [0.717, 1.165) is 17.8 Å². The van der Waals surface area contributed by atoms with Crippen molar-refractivity contribution in [2.75, 3.05) is 0 Å². The van der Waals surface area contributed by atoms with Crippen molar-refractivity contribution in [3.63, 3.8) is 0 Å². The van der Waals surface area contributed by atoms with E-state index in [0.29, 0.717) is 5.41 Å². The lowest BCUT2D eigenvalue weighted by Crippen LogP contribution is -2.65. The standard InChI is InChI=1S/C51H44BP/c1-6-16-39(17-7-1)40-26-28-45(29-27-40)52-50(44-24-14-5-15-25-44)49(43-22-12-4-13-23-43)46(41-18-8-2-9-19-41)47(42-20-10-3-11-21-42)51(52,53(49,50)52)48-33-36-30-37(34-48)32-38(31-36)35-48/h1-29,36-38H,30-35H2/t36?,37?,38?,48?,49-,50-,51-,52-,53?/m0/s1. The molecule has 53 heavy (non-hydrogen) atoms. The fraction of sp³-hybridized carbons (Fsp3) is 0.255. The van der Waals surface area contributed by atoms with Crippen LogP contribution < -0.4 is 5.46 Å². The Morgan fingerprint density at radius 3 is 1.32 bits per heavy atom. The maximum absolute atomic E-state index is 2.65. The van der Waals surface area contributed by atoms with Gasteiger partial charge in [-0.05, 0) is 101 Å². The molecule has 4 heterocycles. The number of allylic oxidation sites excluding steroid dienone is 2. The third-order valence-corrected chi connectivity index (χ3v) is 24.3. The fourth-order valence-corrected chi connectivity index (χ4v) is 28.2. The number of rotatable bonds is 7. The van der Waals surface area contributed by atoms with E-state index < -0.39 is 13.0 Å². The summed E-state index contributed by atoms with van der Waals surface area (Å²) in [6.45, 7) is 0.